The highest BCUT2D eigenvalue weighted by Crippen LogP contribution is 2.21. The Morgan fingerprint density at radius 1 is 1.50 bits per heavy atom. The van der Waals surface area contributed by atoms with Crippen LogP contribution < -0.4 is 10.1 Å². The van der Waals surface area contributed by atoms with E-state index in [9.17, 15) is 9.18 Å². The molecule has 2 atom stereocenters. The van der Waals surface area contributed by atoms with Crippen LogP contribution in [0, 0.1) is 17.7 Å². The molecule has 0 spiro atoms. The highest BCUT2D eigenvalue weighted by atomic mass is 19.1. The Morgan fingerprint density at radius 3 is 2.80 bits per heavy atom. The molecule has 2 unspecified atom stereocenters. The van der Waals surface area contributed by atoms with Crippen LogP contribution in [0.3, 0.4) is 0 Å². The molecular weight excluding hydrogens is 259 g/mol. The van der Waals surface area contributed by atoms with E-state index in [2.05, 4.69) is 12.2 Å². The molecule has 1 aromatic carbocycles. The first-order valence-electron chi connectivity index (χ1n) is 6.81. The Labute approximate surface area is 118 Å². The van der Waals surface area contributed by atoms with Gasteiger partial charge in [-0.25, -0.2) is 4.39 Å². The predicted molar refractivity (Wildman–Crippen MR) is 74.9 cm³/mol. The Hall–Kier alpha value is -1.62. The molecular formula is C15H21FN2O2. The maximum atomic E-state index is 13.6. The third-order valence-corrected chi connectivity index (χ3v) is 3.85. The Bertz CT molecular complexity index is 493. The molecule has 0 aliphatic carbocycles. The number of hydrogen-bond donors (Lipinski definition) is 1. The fraction of sp³-hybridized carbons (Fsp3) is 0.533. The van der Waals surface area contributed by atoms with Gasteiger partial charge in [-0.1, -0.05) is 13.0 Å². The topological polar surface area (TPSA) is 41.6 Å². The molecule has 0 aromatic heterocycles. The quantitative estimate of drug-likeness (QED) is 0.912. The van der Waals surface area contributed by atoms with Crippen molar-refractivity contribution in [1.82, 2.24) is 10.2 Å². The summed E-state index contributed by atoms with van der Waals surface area (Å²) in [7, 11) is 3.19. The van der Waals surface area contributed by atoms with Crippen molar-refractivity contribution in [2.45, 2.75) is 13.5 Å². The van der Waals surface area contributed by atoms with E-state index in [1.807, 2.05) is 0 Å². The molecule has 0 saturated carbocycles. The second-order valence-electron chi connectivity index (χ2n) is 5.41. The minimum Gasteiger partial charge on any atom is -0.494 e. The average Bonchev–Trinajstić information content (AvgIpc) is 2.84. The highest BCUT2D eigenvalue weighted by Gasteiger charge is 2.31. The summed E-state index contributed by atoms with van der Waals surface area (Å²) in [5.41, 5.74) is 0.762. The van der Waals surface area contributed by atoms with Crippen LogP contribution in [0.1, 0.15) is 12.5 Å². The molecule has 110 valence electrons. The Kier molecular flexibility index (Phi) is 4.60. The Balaban J connectivity index is 2.02. The van der Waals surface area contributed by atoms with Gasteiger partial charge in [0.2, 0.25) is 5.91 Å². The number of nitrogens with zero attached hydrogens (tertiary/aromatic N) is 1. The van der Waals surface area contributed by atoms with Crippen molar-refractivity contribution >= 4 is 5.91 Å². The lowest BCUT2D eigenvalue weighted by Crippen LogP contribution is -2.35. The van der Waals surface area contributed by atoms with Crippen LogP contribution in [0.4, 0.5) is 4.39 Å². The molecule has 20 heavy (non-hydrogen) atoms. The van der Waals surface area contributed by atoms with Gasteiger partial charge in [0.05, 0.1) is 13.0 Å². The van der Waals surface area contributed by atoms with Crippen LogP contribution >= 0.6 is 0 Å². The number of carbonyl (C=O) groups is 1. The normalized spacial score (nSPS) is 21.8. The van der Waals surface area contributed by atoms with E-state index in [-0.39, 0.29) is 17.6 Å². The summed E-state index contributed by atoms with van der Waals surface area (Å²) in [6, 6.07) is 4.78. The number of methoxy groups -OCH3 is 1. The van der Waals surface area contributed by atoms with E-state index in [1.54, 1.807) is 24.1 Å². The number of benzene rings is 1. The fourth-order valence-corrected chi connectivity index (χ4v) is 2.58. The first kappa shape index (κ1) is 14.8. The number of hydrogen-bond acceptors (Lipinski definition) is 3. The minimum atomic E-state index is -0.401. The first-order valence-corrected chi connectivity index (χ1v) is 6.81. The van der Waals surface area contributed by atoms with E-state index in [4.69, 9.17) is 4.74 Å². The number of carbonyl (C=O) groups excluding carboxylic acids is 1. The minimum absolute atomic E-state index is 0.0168. The van der Waals surface area contributed by atoms with Crippen molar-refractivity contribution in [1.29, 1.82) is 0 Å². The lowest BCUT2D eigenvalue weighted by Gasteiger charge is -2.23. The van der Waals surface area contributed by atoms with Gasteiger partial charge in [-0.05, 0) is 30.2 Å². The van der Waals surface area contributed by atoms with E-state index in [1.165, 1.54) is 13.2 Å². The molecule has 4 nitrogen and oxygen atoms in total. The molecule has 0 bridgehead atoms. The van der Waals surface area contributed by atoms with Gasteiger partial charge >= 0.3 is 0 Å². The van der Waals surface area contributed by atoms with Gasteiger partial charge in [-0.15, -0.1) is 0 Å². The van der Waals surface area contributed by atoms with Crippen molar-refractivity contribution in [3.63, 3.8) is 0 Å². The van der Waals surface area contributed by atoms with Gasteiger partial charge in [0.25, 0.3) is 0 Å². The highest BCUT2D eigenvalue weighted by molar-refractivity contribution is 5.79. The smallest absolute Gasteiger partial charge is 0.227 e. The van der Waals surface area contributed by atoms with Crippen molar-refractivity contribution in [2.24, 2.45) is 11.8 Å². The second kappa shape index (κ2) is 6.22. The van der Waals surface area contributed by atoms with Crippen molar-refractivity contribution < 1.29 is 13.9 Å². The summed E-state index contributed by atoms with van der Waals surface area (Å²) in [4.78, 5) is 14.0. The summed E-state index contributed by atoms with van der Waals surface area (Å²) in [6.07, 6.45) is 0. The van der Waals surface area contributed by atoms with Crippen molar-refractivity contribution in [3.8, 4) is 5.75 Å². The largest absolute Gasteiger partial charge is 0.494 e. The van der Waals surface area contributed by atoms with Gasteiger partial charge in [0, 0.05) is 20.1 Å². The van der Waals surface area contributed by atoms with Crippen LogP contribution in [0.2, 0.25) is 0 Å². The summed E-state index contributed by atoms with van der Waals surface area (Å²) in [5, 5.41) is 3.22. The van der Waals surface area contributed by atoms with Gasteiger partial charge in [-0.2, -0.15) is 0 Å². The van der Waals surface area contributed by atoms with Crippen molar-refractivity contribution in [3.05, 3.63) is 29.6 Å². The molecule has 1 heterocycles. The van der Waals surface area contributed by atoms with Crippen LogP contribution in [0.5, 0.6) is 5.75 Å². The number of nitrogens with one attached hydrogen (secondary N) is 1. The summed E-state index contributed by atoms with van der Waals surface area (Å²) in [5.74, 6) is 0.289. The molecule has 1 aromatic rings. The maximum absolute atomic E-state index is 13.6. The van der Waals surface area contributed by atoms with Gasteiger partial charge in [0.15, 0.2) is 11.6 Å². The number of ether oxygens (including phenoxy) is 1. The fourth-order valence-electron chi connectivity index (χ4n) is 2.58. The van der Waals surface area contributed by atoms with Crippen LogP contribution in [-0.2, 0) is 11.3 Å². The molecule has 5 heteroatoms. The van der Waals surface area contributed by atoms with E-state index < -0.39 is 5.82 Å². The lowest BCUT2D eigenvalue weighted by molar-refractivity contribution is -0.135. The zero-order valence-electron chi connectivity index (χ0n) is 12.1. The Morgan fingerprint density at radius 2 is 2.25 bits per heavy atom. The van der Waals surface area contributed by atoms with E-state index in [0.29, 0.717) is 12.5 Å². The number of halogens is 1. The SMILES string of the molecule is COc1ccc(CN(C)C(=O)C2CNCC2C)cc1F. The zero-order chi connectivity index (χ0) is 14.7. The molecule has 2 rings (SSSR count). The van der Waals surface area contributed by atoms with Crippen LogP contribution in [-0.4, -0.2) is 38.1 Å². The molecule has 1 fully saturated rings. The number of amides is 1. The second-order valence-corrected chi connectivity index (χ2v) is 5.41. The molecule has 1 amide bonds. The lowest BCUT2D eigenvalue weighted by atomic mass is 9.96. The van der Waals surface area contributed by atoms with Crippen molar-refractivity contribution in [2.75, 3.05) is 27.2 Å². The number of rotatable bonds is 4. The van der Waals surface area contributed by atoms with E-state index >= 15 is 0 Å². The zero-order valence-corrected chi connectivity index (χ0v) is 12.1. The van der Waals surface area contributed by atoms with Crippen LogP contribution in [0.25, 0.3) is 0 Å². The maximum Gasteiger partial charge on any atom is 0.227 e. The van der Waals surface area contributed by atoms with E-state index in [0.717, 1.165) is 18.7 Å². The van der Waals surface area contributed by atoms with Crippen LogP contribution in [0.15, 0.2) is 18.2 Å². The third kappa shape index (κ3) is 3.10. The molecule has 1 saturated heterocycles. The predicted octanol–water partition coefficient (Wildman–Crippen LogP) is 1.65. The third-order valence-electron chi connectivity index (χ3n) is 3.85. The standard InChI is InChI=1S/C15H21FN2O2/c1-10-7-17-8-12(10)15(19)18(2)9-11-4-5-14(20-3)13(16)6-11/h4-6,10,12,17H,7-9H2,1-3H3. The average molecular weight is 280 g/mol. The molecule has 1 aliphatic rings. The first-order chi connectivity index (χ1) is 9.52. The monoisotopic (exact) mass is 280 g/mol. The molecule has 1 aliphatic heterocycles. The van der Waals surface area contributed by atoms with Gasteiger partial charge in [-0.3, -0.25) is 4.79 Å². The summed E-state index contributed by atoms with van der Waals surface area (Å²) >= 11 is 0. The molecule has 1 N–H and O–H groups in total. The van der Waals surface area contributed by atoms with Gasteiger partial charge in [0.1, 0.15) is 0 Å². The molecule has 0 radical (unpaired) electrons. The summed E-state index contributed by atoms with van der Waals surface area (Å²) in [6.45, 7) is 4.08. The van der Waals surface area contributed by atoms with Gasteiger partial charge < -0.3 is 15.0 Å². The summed E-state index contributed by atoms with van der Waals surface area (Å²) < 4.78 is 18.5.